The van der Waals surface area contributed by atoms with Crippen LogP contribution in [0.4, 0.5) is 10.8 Å². The molecule has 0 radical (unpaired) electrons. The van der Waals surface area contributed by atoms with Gasteiger partial charge in [-0.15, -0.1) is 10.2 Å². The Morgan fingerprint density at radius 1 is 1.11 bits per heavy atom. The molecule has 1 amide bonds. The number of thioether (sulfide) groups is 1. The first-order valence-corrected chi connectivity index (χ1v) is 10.4. The van der Waals surface area contributed by atoms with Gasteiger partial charge in [0, 0.05) is 19.3 Å². The molecule has 0 unspecified atom stereocenters. The van der Waals surface area contributed by atoms with Crippen molar-refractivity contribution >= 4 is 39.8 Å². The summed E-state index contributed by atoms with van der Waals surface area (Å²) in [6.07, 6.45) is 0. The number of hydrogen-bond donors (Lipinski definition) is 1. The summed E-state index contributed by atoms with van der Waals surface area (Å²) in [4.78, 5) is 14.1. The average molecular weight is 399 g/mol. The van der Waals surface area contributed by atoms with Crippen LogP contribution in [0.2, 0.25) is 0 Å². The van der Waals surface area contributed by atoms with E-state index in [0.29, 0.717) is 12.3 Å². The fourth-order valence-corrected chi connectivity index (χ4v) is 4.17. The largest absolute Gasteiger partial charge is 0.341 e. The monoisotopic (exact) mass is 398 g/mol. The molecule has 5 nitrogen and oxygen atoms in total. The Kier molecular flexibility index (Phi) is 6.47. The van der Waals surface area contributed by atoms with Crippen molar-refractivity contribution < 1.29 is 4.79 Å². The molecular formula is C20H22N4OS2. The van der Waals surface area contributed by atoms with E-state index >= 15 is 0 Å². The molecule has 140 valence electrons. The highest BCUT2D eigenvalue weighted by molar-refractivity contribution is 8.01. The molecule has 0 aliphatic rings. The SMILES string of the molecule is Cc1ccc(CN(C)C(=O)CSc2nnc(Nc3cccc(C)c3)s2)cc1. The molecule has 0 aliphatic heterocycles. The molecule has 0 spiro atoms. The number of nitrogens with one attached hydrogen (secondary N) is 1. The third kappa shape index (κ3) is 5.80. The van der Waals surface area contributed by atoms with Gasteiger partial charge < -0.3 is 10.2 Å². The van der Waals surface area contributed by atoms with Crippen LogP contribution < -0.4 is 5.32 Å². The number of carbonyl (C=O) groups excluding carboxylic acids is 1. The van der Waals surface area contributed by atoms with E-state index in [1.807, 2.05) is 32.2 Å². The Morgan fingerprint density at radius 2 is 1.89 bits per heavy atom. The molecule has 27 heavy (non-hydrogen) atoms. The summed E-state index contributed by atoms with van der Waals surface area (Å²) in [5, 5.41) is 12.3. The lowest BCUT2D eigenvalue weighted by Crippen LogP contribution is -2.27. The maximum absolute atomic E-state index is 12.4. The first-order valence-electron chi connectivity index (χ1n) is 8.59. The van der Waals surface area contributed by atoms with Crippen molar-refractivity contribution in [3.05, 3.63) is 65.2 Å². The number of aryl methyl sites for hydroxylation is 2. The summed E-state index contributed by atoms with van der Waals surface area (Å²) in [5.74, 6) is 0.422. The number of benzene rings is 2. The Labute approximate surface area is 167 Å². The molecule has 1 N–H and O–H groups in total. The standard InChI is InChI=1S/C20H22N4OS2/c1-14-7-9-16(10-8-14)12-24(3)18(25)13-26-20-23-22-19(27-20)21-17-6-4-5-15(2)11-17/h4-11H,12-13H2,1-3H3,(H,21,22). The zero-order chi connectivity index (χ0) is 19.2. The van der Waals surface area contributed by atoms with Gasteiger partial charge in [0.15, 0.2) is 4.34 Å². The van der Waals surface area contributed by atoms with Gasteiger partial charge >= 0.3 is 0 Å². The minimum atomic E-state index is 0.0731. The molecule has 3 aromatic rings. The van der Waals surface area contributed by atoms with Crippen LogP contribution in [0, 0.1) is 13.8 Å². The Bertz CT molecular complexity index is 908. The number of amides is 1. The summed E-state index contributed by atoms with van der Waals surface area (Å²) in [6.45, 7) is 4.71. The molecule has 0 fully saturated rings. The number of anilines is 2. The summed E-state index contributed by atoms with van der Waals surface area (Å²) < 4.78 is 0.780. The van der Waals surface area contributed by atoms with Gasteiger partial charge in [-0.1, -0.05) is 65.1 Å². The summed E-state index contributed by atoms with van der Waals surface area (Å²) in [7, 11) is 1.83. The van der Waals surface area contributed by atoms with E-state index in [1.165, 1.54) is 34.2 Å². The molecule has 0 bridgehead atoms. The van der Waals surface area contributed by atoms with Crippen LogP contribution in [0.25, 0.3) is 0 Å². The van der Waals surface area contributed by atoms with E-state index in [4.69, 9.17) is 0 Å². The van der Waals surface area contributed by atoms with Gasteiger partial charge in [-0.25, -0.2) is 0 Å². The Hall–Kier alpha value is -2.38. The van der Waals surface area contributed by atoms with E-state index in [9.17, 15) is 4.79 Å². The molecule has 0 saturated heterocycles. The van der Waals surface area contributed by atoms with Crippen molar-refractivity contribution in [1.29, 1.82) is 0 Å². The average Bonchev–Trinajstić information content (AvgIpc) is 3.09. The van der Waals surface area contributed by atoms with Crippen molar-refractivity contribution in [3.63, 3.8) is 0 Å². The van der Waals surface area contributed by atoms with Crippen molar-refractivity contribution in [3.8, 4) is 0 Å². The number of carbonyl (C=O) groups is 1. The lowest BCUT2D eigenvalue weighted by Gasteiger charge is -2.16. The van der Waals surface area contributed by atoms with Gasteiger partial charge in [-0.05, 0) is 37.1 Å². The van der Waals surface area contributed by atoms with Gasteiger partial charge in [-0.2, -0.15) is 0 Å². The van der Waals surface area contributed by atoms with Crippen molar-refractivity contribution in [2.75, 3.05) is 18.1 Å². The molecular weight excluding hydrogens is 376 g/mol. The number of aromatic nitrogens is 2. The maximum atomic E-state index is 12.4. The highest BCUT2D eigenvalue weighted by Gasteiger charge is 2.12. The van der Waals surface area contributed by atoms with Gasteiger partial charge in [0.05, 0.1) is 5.75 Å². The molecule has 0 saturated carbocycles. The lowest BCUT2D eigenvalue weighted by atomic mass is 10.1. The van der Waals surface area contributed by atoms with Crippen LogP contribution in [0.15, 0.2) is 52.9 Å². The molecule has 3 rings (SSSR count). The number of hydrogen-bond acceptors (Lipinski definition) is 6. The Balaban J connectivity index is 1.50. The zero-order valence-electron chi connectivity index (χ0n) is 15.6. The second kappa shape index (κ2) is 9.01. The molecule has 0 aliphatic carbocycles. The molecule has 1 heterocycles. The Morgan fingerprint density at radius 3 is 2.63 bits per heavy atom. The first-order chi connectivity index (χ1) is 13.0. The van der Waals surface area contributed by atoms with Gasteiger partial charge in [-0.3, -0.25) is 4.79 Å². The maximum Gasteiger partial charge on any atom is 0.233 e. The quantitative estimate of drug-likeness (QED) is 0.587. The third-order valence-corrected chi connectivity index (χ3v) is 5.92. The van der Waals surface area contributed by atoms with Crippen LogP contribution in [0.3, 0.4) is 0 Å². The van der Waals surface area contributed by atoms with E-state index in [0.717, 1.165) is 20.7 Å². The van der Waals surface area contributed by atoms with Crippen LogP contribution >= 0.6 is 23.1 Å². The van der Waals surface area contributed by atoms with Crippen molar-refractivity contribution in [1.82, 2.24) is 15.1 Å². The minimum absolute atomic E-state index is 0.0731. The predicted octanol–water partition coefficient (Wildman–Crippen LogP) is 4.65. The highest BCUT2D eigenvalue weighted by Crippen LogP contribution is 2.28. The van der Waals surface area contributed by atoms with E-state index in [2.05, 4.69) is 52.8 Å². The van der Waals surface area contributed by atoms with Crippen molar-refractivity contribution in [2.45, 2.75) is 24.7 Å². The summed E-state index contributed by atoms with van der Waals surface area (Å²) in [5.41, 5.74) is 4.51. The minimum Gasteiger partial charge on any atom is -0.341 e. The molecule has 2 aromatic carbocycles. The van der Waals surface area contributed by atoms with Gasteiger partial charge in [0.1, 0.15) is 0 Å². The lowest BCUT2D eigenvalue weighted by molar-refractivity contribution is -0.127. The highest BCUT2D eigenvalue weighted by atomic mass is 32.2. The normalized spacial score (nSPS) is 10.6. The molecule has 1 aromatic heterocycles. The summed E-state index contributed by atoms with van der Waals surface area (Å²) in [6, 6.07) is 16.3. The van der Waals surface area contributed by atoms with Crippen molar-refractivity contribution in [2.24, 2.45) is 0 Å². The van der Waals surface area contributed by atoms with Crippen LogP contribution in [0.5, 0.6) is 0 Å². The van der Waals surface area contributed by atoms with E-state index in [1.54, 1.807) is 4.90 Å². The number of rotatable bonds is 7. The van der Waals surface area contributed by atoms with Crippen LogP contribution in [0.1, 0.15) is 16.7 Å². The van der Waals surface area contributed by atoms with Crippen LogP contribution in [-0.4, -0.2) is 33.8 Å². The first kappa shape index (κ1) is 19.4. The second-order valence-electron chi connectivity index (χ2n) is 6.39. The predicted molar refractivity (Wildman–Crippen MR) is 113 cm³/mol. The fourth-order valence-electron chi connectivity index (χ4n) is 2.45. The second-order valence-corrected chi connectivity index (χ2v) is 8.59. The smallest absolute Gasteiger partial charge is 0.233 e. The van der Waals surface area contributed by atoms with E-state index < -0.39 is 0 Å². The fraction of sp³-hybridized carbons (Fsp3) is 0.250. The van der Waals surface area contributed by atoms with E-state index in [-0.39, 0.29) is 5.91 Å². The topological polar surface area (TPSA) is 58.1 Å². The van der Waals surface area contributed by atoms with Gasteiger partial charge in [0.2, 0.25) is 11.0 Å². The number of nitrogens with zero attached hydrogens (tertiary/aromatic N) is 3. The third-order valence-electron chi connectivity index (χ3n) is 3.96. The zero-order valence-corrected chi connectivity index (χ0v) is 17.2. The molecule has 0 atom stereocenters. The summed E-state index contributed by atoms with van der Waals surface area (Å²) >= 11 is 2.87. The van der Waals surface area contributed by atoms with Gasteiger partial charge in [0.25, 0.3) is 0 Å². The van der Waals surface area contributed by atoms with Crippen LogP contribution in [-0.2, 0) is 11.3 Å². The molecule has 7 heteroatoms.